The number of ether oxygens (including phenoxy) is 3. The molecule has 0 aliphatic carbocycles. The Morgan fingerprint density at radius 2 is 1.52 bits per heavy atom. The smallest absolute Gasteiger partial charge is 0.341 e. The van der Waals surface area contributed by atoms with Crippen LogP contribution in [0.1, 0.15) is 29.3 Å². The number of benzene rings is 2. The molecule has 0 saturated carbocycles. The van der Waals surface area contributed by atoms with Gasteiger partial charge >= 0.3 is 5.97 Å². The zero-order valence-corrected chi connectivity index (χ0v) is 15.2. The van der Waals surface area contributed by atoms with Crippen molar-refractivity contribution in [2.24, 2.45) is 0 Å². The number of phenolic OH excluding ortho intramolecular Hbond substituents is 1. The molecule has 0 heterocycles. The average Bonchev–Trinajstić information content (AvgIpc) is 2.63. The standard InChI is InChI=1S/C20H22O7/c1-13-18(9-8-17(14(2)21)20(13)24)26-11-3-10-25-15-4-6-16(7-5-15)27-12-19(22)23/h4-9,24H,3,10-12H2,1-2H3,(H,22,23). The number of ketones is 1. The molecule has 2 rings (SSSR count). The van der Waals surface area contributed by atoms with Crippen molar-refractivity contribution >= 4 is 11.8 Å². The largest absolute Gasteiger partial charge is 0.507 e. The molecule has 0 saturated heterocycles. The Bertz CT molecular complexity index is 797. The molecule has 2 aromatic rings. The number of carboxylic acid groups (broad SMARTS) is 1. The highest BCUT2D eigenvalue weighted by molar-refractivity contribution is 5.97. The van der Waals surface area contributed by atoms with Crippen molar-refractivity contribution in [1.82, 2.24) is 0 Å². The minimum Gasteiger partial charge on any atom is -0.507 e. The summed E-state index contributed by atoms with van der Waals surface area (Å²) in [5, 5.41) is 18.6. The number of aromatic hydroxyl groups is 1. The van der Waals surface area contributed by atoms with Crippen molar-refractivity contribution < 1.29 is 34.0 Å². The van der Waals surface area contributed by atoms with Gasteiger partial charge in [0.2, 0.25) is 0 Å². The van der Waals surface area contributed by atoms with Gasteiger partial charge < -0.3 is 24.4 Å². The van der Waals surface area contributed by atoms with E-state index >= 15 is 0 Å². The lowest BCUT2D eigenvalue weighted by molar-refractivity contribution is -0.139. The van der Waals surface area contributed by atoms with Crippen LogP contribution in [0.3, 0.4) is 0 Å². The van der Waals surface area contributed by atoms with Crippen LogP contribution in [0.15, 0.2) is 36.4 Å². The maximum absolute atomic E-state index is 11.4. The number of aliphatic carboxylic acids is 1. The SMILES string of the molecule is CC(=O)c1ccc(OCCCOc2ccc(OCC(=O)O)cc2)c(C)c1O. The third-order valence-electron chi connectivity index (χ3n) is 3.76. The Hall–Kier alpha value is -3.22. The first kappa shape index (κ1) is 20.1. The molecule has 7 heteroatoms. The van der Waals surface area contributed by atoms with E-state index in [2.05, 4.69) is 0 Å². The van der Waals surface area contributed by atoms with Crippen molar-refractivity contribution in [2.75, 3.05) is 19.8 Å². The summed E-state index contributed by atoms with van der Waals surface area (Å²) in [5.41, 5.74) is 0.805. The molecule has 2 N–H and O–H groups in total. The highest BCUT2D eigenvalue weighted by Crippen LogP contribution is 2.30. The maximum Gasteiger partial charge on any atom is 0.341 e. The van der Waals surface area contributed by atoms with Gasteiger partial charge in [-0.1, -0.05) is 0 Å². The Morgan fingerprint density at radius 3 is 2.11 bits per heavy atom. The fourth-order valence-corrected chi connectivity index (χ4v) is 2.33. The summed E-state index contributed by atoms with van der Waals surface area (Å²) in [6.45, 7) is 3.52. The molecule has 0 amide bonds. The normalized spacial score (nSPS) is 10.3. The van der Waals surface area contributed by atoms with E-state index in [1.54, 1.807) is 43.3 Å². The lowest BCUT2D eigenvalue weighted by Crippen LogP contribution is -2.09. The summed E-state index contributed by atoms with van der Waals surface area (Å²) in [6.07, 6.45) is 0.617. The minimum absolute atomic E-state index is 0.0542. The summed E-state index contributed by atoms with van der Waals surface area (Å²) in [7, 11) is 0. The van der Waals surface area contributed by atoms with Gasteiger partial charge in [-0.25, -0.2) is 4.79 Å². The van der Waals surface area contributed by atoms with Crippen LogP contribution in [0.4, 0.5) is 0 Å². The number of hydrogen-bond acceptors (Lipinski definition) is 6. The van der Waals surface area contributed by atoms with Crippen LogP contribution in [0, 0.1) is 6.92 Å². The molecule has 0 spiro atoms. The van der Waals surface area contributed by atoms with Gasteiger partial charge in [-0.05, 0) is 50.2 Å². The fraction of sp³-hybridized carbons (Fsp3) is 0.300. The third kappa shape index (κ3) is 5.91. The average molecular weight is 374 g/mol. The van der Waals surface area contributed by atoms with Crippen LogP contribution in [0.5, 0.6) is 23.0 Å². The van der Waals surface area contributed by atoms with Crippen molar-refractivity contribution in [3.8, 4) is 23.0 Å². The lowest BCUT2D eigenvalue weighted by Gasteiger charge is -2.12. The first-order chi connectivity index (χ1) is 12.9. The molecule has 2 aromatic carbocycles. The van der Waals surface area contributed by atoms with E-state index in [9.17, 15) is 14.7 Å². The van der Waals surface area contributed by atoms with Gasteiger partial charge in [0, 0.05) is 12.0 Å². The Morgan fingerprint density at radius 1 is 0.926 bits per heavy atom. The molecular weight excluding hydrogens is 352 g/mol. The van der Waals surface area contributed by atoms with Gasteiger partial charge in [-0.3, -0.25) is 4.79 Å². The monoisotopic (exact) mass is 374 g/mol. The number of carbonyl (C=O) groups excluding carboxylic acids is 1. The van der Waals surface area contributed by atoms with Crippen molar-refractivity contribution in [1.29, 1.82) is 0 Å². The molecule has 0 aliphatic heterocycles. The zero-order chi connectivity index (χ0) is 19.8. The van der Waals surface area contributed by atoms with Crippen LogP contribution in [-0.2, 0) is 4.79 Å². The van der Waals surface area contributed by atoms with Gasteiger partial charge in [0.1, 0.15) is 23.0 Å². The molecular formula is C20H22O7. The van der Waals surface area contributed by atoms with E-state index in [1.807, 2.05) is 0 Å². The van der Waals surface area contributed by atoms with Crippen LogP contribution in [-0.4, -0.2) is 41.8 Å². The highest BCUT2D eigenvalue weighted by Gasteiger charge is 2.12. The van der Waals surface area contributed by atoms with Gasteiger partial charge in [0.15, 0.2) is 12.4 Å². The Balaban J connectivity index is 1.75. The van der Waals surface area contributed by atoms with Gasteiger partial charge in [-0.15, -0.1) is 0 Å². The summed E-state index contributed by atoms with van der Waals surface area (Å²) >= 11 is 0. The number of Topliss-reactive ketones (excluding diaryl/α,β-unsaturated/α-hetero) is 1. The molecule has 0 bridgehead atoms. The maximum atomic E-state index is 11.4. The highest BCUT2D eigenvalue weighted by atomic mass is 16.5. The second-order valence-corrected chi connectivity index (χ2v) is 5.85. The van der Waals surface area contributed by atoms with Crippen LogP contribution >= 0.6 is 0 Å². The van der Waals surface area contributed by atoms with E-state index in [-0.39, 0.29) is 23.7 Å². The Kier molecular flexibility index (Phi) is 7.05. The van der Waals surface area contributed by atoms with E-state index in [1.165, 1.54) is 6.92 Å². The second-order valence-electron chi connectivity index (χ2n) is 5.85. The molecule has 0 unspecified atom stereocenters. The topological polar surface area (TPSA) is 102 Å². The second kappa shape index (κ2) is 9.47. The number of phenols is 1. The predicted molar refractivity (Wildman–Crippen MR) is 98.0 cm³/mol. The lowest BCUT2D eigenvalue weighted by atomic mass is 10.1. The summed E-state index contributed by atoms with van der Waals surface area (Å²) in [6, 6.07) is 9.88. The molecule has 0 radical (unpaired) electrons. The summed E-state index contributed by atoms with van der Waals surface area (Å²) in [4.78, 5) is 21.8. The summed E-state index contributed by atoms with van der Waals surface area (Å²) < 4.78 is 16.3. The van der Waals surface area contributed by atoms with Gasteiger partial charge in [-0.2, -0.15) is 0 Å². The molecule has 0 aromatic heterocycles. The molecule has 7 nitrogen and oxygen atoms in total. The van der Waals surface area contributed by atoms with Gasteiger partial charge in [0.05, 0.1) is 18.8 Å². The first-order valence-electron chi connectivity index (χ1n) is 8.42. The predicted octanol–water partition coefficient (Wildman–Crippen LogP) is 3.21. The molecule has 27 heavy (non-hydrogen) atoms. The quantitative estimate of drug-likeness (QED) is 0.486. The van der Waals surface area contributed by atoms with Gasteiger partial charge in [0.25, 0.3) is 0 Å². The Labute approximate surface area is 157 Å². The summed E-state index contributed by atoms with van der Waals surface area (Å²) in [5.74, 6) is 0.332. The number of carboxylic acids is 1. The van der Waals surface area contributed by atoms with E-state index in [0.717, 1.165) is 0 Å². The van der Waals surface area contributed by atoms with E-state index in [4.69, 9.17) is 19.3 Å². The number of rotatable bonds is 10. The zero-order valence-electron chi connectivity index (χ0n) is 15.2. The number of carbonyl (C=O) groups is 2. The first-order valence-corrected chi connectivity index (χ1v) is 8.42. The van der Waals surface area contributed by atoms with Crippen LogP contribution < -0.4 is 14.2 Å². The molecule has 0 aliphatic rings. The van der Waals surface area contributed by atoms with Crippen molar-refractivity contribution in [3.05, 3.63) is 47.5 Å². The number of hydrogen-bond donors (Lipinski definition) is 2. The molecule has 0 atom stereocenters. The molecule has 144 valence electrons. The van der Waals surface area contributed by atoms with Crippen molar-refractivity contribution in [3.63, 3.8) is 0 Å². The van der Waals surface area contributed by atoms with E-state index < -0.39 is 5.97 Å². The van der Waals surface area contributed by atoms with E-state index in [0.29, 0.717) is 42.4 Å². The van der Waals surface area contributed by atoms with Crippen LogP contribution in [0.2, 0.25) is 0 Å². The molecule has 0 fully saturated rings. The third-order valence-corrected chi connectivity index (χ3v) is 3.76. The van der Waals surface area contributed by atoms with Crippen LogP contribution in [0.25, 0.3) is 0 Å². The minimum atomic E-state index is -1.03. The van der Waals surface area contributed by atoms with Crippen molar-refractivity contribution in [2.45, 2.75) is 20.3 Å². The fourth-order valence-electron chi connectivity index (χ4n) is 2.33.